The number of nitrogens with two attached hydrogens (primary N) is 1. The molecule has 0 saturated carbocycles. The zero-order valence-electron chi connectivity index (χ0n) is 6.50. The molecule has 1 aliphatic rings. The van der Waals surface area contributed by atoms with Gasteiger partial charge in [-0.1, -0.05) is 0 Å². The molecule has 12 heavy (non-hydrogen) atoms. The number of carbonyl (C=O) groups is 1. The molecule has 62 valence electrons. The molecule has 0 atom stereocenters. The summed E-state index contributed by atoms with van der Waals surface area (Å²) >= 11 is 0. The van der Waals surface area contributed by atoms with Gasteiger partial charge in [0.15, 0.2) is 0 Å². The molecule has 0 bridgehead atoms. The van der Waals surface area contributed by atoms with Gasteiger partial charge in [0, 0.05) is 13.0 Å². The first-order chi connectivity index (χ1) is 5.77. The molecule has 3 N–H and O–H groups in total. The van der Waals surface area contributed by atoms with E-state index in [2.05, 4.69) is 10.3 Å². The lowest BCUT2D eigenvalue weighted by Gasteiger charge is -1.99. The van der Waals surface area contributed by atoms with Crippen molar-refractivity contribution in [3.05, 3.63) is 23.5 Å². The van der Waals surface area contributed by atoms with Crippen LogP contribution in [0, 0.1) is 0 Å². The predicted octanol–water partition coefficient (Wildman–Crippen LogP) is 0.148. The minimum Gasteiger partial charge on any atom is -0.383 e. The lowest BCUT2D eigenvalue weighted by atomic mass is 10.2. The molecule has 1 aliphatic heterocycles. The predicted molar refractivity (Wildman–Crippen MR) is 44.9 cm³/mol. The zero-order chi connectivity index (χ0) is 8.55. The monoisotopic (exact) mass is 163 g/mol. The molecule has 0 aromatic carbocycles. The fourth-order valence-corrected chi connectivity index (χ4v) is 1.31. The topological polar surface area (TPSA) is 68.0 Å². The van der Waals surface area contributed by atoms with Crippen LogP contribution in [-0.2, 0) is 6.42 Å². The molecule has 0 spiro atoms. The van der Waals surface area contributed by atoms with Crippen LogP contribution in [0.15, 0.2) is 12.1 Å². The van der Waals surface area contributed by atoms with Gasteiger partial charge in [0.2, 0.25) is 0 Å². The Bertz CT molecular complexity index is 335. The Morgan fingerprint density at radius 1 is 1.58 bits per heavy atom. The SMILES string of the molecule is NC(=O)c1ccc2c(n1)CCN2. The number of primary amides is 1. The Kier molecular flexibility index (Phi) is 1.46. The molecule has 4 heteroatoms. The number of fused-ring (bicyclic) bond motifs is 1. The third kappa shape index (κ3) is 1.01. The molecule has 0 radical (unpaired) electrons. The summed E-state index contributed by atoms with van der Waals surface area (Å²) in [5.74, 6) is -0.468. The normalized spacial score (nSPS) is 13.7. The lowest BCUT2D eigenvalue weighted by Crippen LogP contribution is -2.13. The maximum atomic E-state index is 10.7. The van der Waals surface area contributed by atoms with Crippen LogP contribution in [0.3, 0.4) is 0 Å². The van der Waals surface area contributed by atoms with E-state index in [4.69, 9.17) is 5.73 Å². The minimum atomic E-state index is -0.468. The molecular formula is C8H9N3O. The first-order valence-corrected chi connectivity index (χ1v) is 3.81. The molecular weight excluding hydrogens is 154 g/mol. The second-order valence-electron chi connectivity index (χ2n) is 2.73. The summed E-state index contributed by atoms with van der Waals surface area (Å²) in [5, 5.41) is 3.15. The van der Waals surface area contributed by atoms with E-state index in [0.29, 0.717) is 5.69 Å². The summed E-state index contributed by atoms with van der Waals surface area (Å²) in [4.78, 5) is 14.9. The van der Waals surface area contributed by atoms with E-state index in [0.717, 1.165) is 24.3 Å². The zero-order valence-corrected chi connectivity index (χ0v) is 6.50. The largest absolute Gasteiger partial charge is 0.383 e. The number of pyridine rings is 1. The maximum absolute atomic E-state index is 10.7. The van der Waals surface area contributed by atoms with E-state index in [9.17, 15) is 4.79 Å². The van der Waals surface area contributed by atoms with Gasteiger partial charge in [0.25, 0.3) is 5.91 Å². The smallest absolute Gasteiger partial charge is 0.267 e. The minimum absolute atomic E-state index is 0.345. The summed E-state index contributed by atoms with van der Waals surface area (Å²) in [6.45, 7) is 0.893. The van der Waals surface area contributed by atoms with Gasteiger partial charge in [-0.05, 0) is 12.1 Å². The van der Waals surface area contributed by atoms with Crippen molar-refractivity contribution in [2.45, 2.75) is 6.42 Å². The fourth-order valence-electron chi connectivity index (χ4n) is 1.31. The number of hydrogen-bond donors (Lipinski definition) is 2. The van der Waals surface area contributed by atoms with Gasteiger partial charge in [0.05, 0.1) is 11.4 Å². The third-order valence-corrected chi connectivity index (χ3v) is 1.90. The Morgan fingerprint density at radius 2 is 2.42 bits per heavy atom. The van der Waals surface area contributed by atoms with Crippen LogP contribution in [0.5, 0.6) is 0 Å². The van der Waals surface area contributed by atoms with Crippen LogP contribution in [0.2, 0.25) is 0 Å². The van der Waals surface area contributed by atoms with Crippen LogP contribution in [0.25, 0.3) is 0 Å². The first kappa shape index (κ1) is 7.09. The highest BCUT2D eigenvalue weighted by atomic mass is 16.1. The van der Waals surface area contributed by atoms with Gasteiger partial charge in [-0.25, -0.2) is 4.98 Å². The molecule has 0 fully saturated rings. The number of nitrogens with one attached hydrogen (secondary N) is 1. The first-order valence-electron chi connectivity index (χ1n) is 3.81. The number of nitrogens with zero attached hydrogens (tertiary/aromatic N) is 1. The van der Waals surface area contributed by atoms with Crippen molar-refractivity contribution in [3.63, 3.8) is 0 Å². The Balaban J connectivity index is 2.45. The highest BCUT2D eigenvalue weighted by molar-refractivity contribution is 5.91. The van der Waals surface area contributed by atoms with Crippen molar-refractivity contribution < 1.29 is 4.79 Å². The van der Waals surface area contributed by atoms with E-state index < -0.39 is 5.91 Å². The fraction of sp³-hybridized carbons (Fsp3) is 0.250. The van der Waals surface area contributed by atoms with Crippen LogP contribution in [-0.4, -0.2) is 17.4 Å². The van der Waals surface area contributed by atoms with E-state index in [1.54, 1.807) is 6.07 Å². The van der Waals surface area contributed by atoms with Crippen molar-refractivity contribution in [3.8, 4) is 0 Å². The third-order valence-electron chi connectivity index (χ3n) is 1.90. The second kappa shape index (κ2) is 2.48. The highest BCUT2D eigenvalue weighted by Crippen LogP contribution is 2.19. The van der Waals surface area contributed by atoms with Gasteiger partial charge < -0.3 is 11.1 Å². The van der Waals surface area contributed by atoms with E-state index >= 15 is 0 Å². The number of carbonyl (C=O) groups excluding carboxylic acids is 1. The maximum Gasteiger partial charge on any atom is 0.267 e. The number of anilines is 1. The Morgan fingerprint density at radius 3 is 3.17 bits per heavy atom. The summed E-state index contributed by atoms with van der Waals surface area (Å²) in [6, 6.07) is 3.48. The van der Waals surface area contributed by atoms with Crippen molar-refractivity contribution in [2.75, 3.05) is 11.9 Å². The summed E-state index contributed by atoms with van der Waals surface area (Å²) < 4.78 is 0. The molecule has 2 rings (SSSR count). The standard InChI is InChI=1S/C8H9N3O/c9-8(12)7-2-1-5-6(11-7)3-4-10-5/h1-2,10H,3-4H2,(H2,9,12). The summed E-state index contributed by atoms with van der Waals surface area (Å²) in [6.07, 6.45) is 0.871. The molecule has 0 aliphatic carbocycles. The highest BCUT2D eigenvalue weighted by Gasteiger charge is 2.12. The number of amides is 1. The molecule has 1 amide bonds. The molecule has 1 aromatic heterocycles. The quantitative estimate of drug-likeness (QED) is 0.619. The van der Waals surface area contributed by atoms with Gasteiger partial charge in [-0.2, -0.15) is 0 Å². The number of hydrogen-bond acceptors (Lipinski definition) is 3. The molecule has 0 saturated heterocycles. The molecule has 2 heterocycles. The average Bonchev–Trinajstić information content (AvgIpc) is 2.49. The lowest BCUT2D eigenvalue weighted by molar-refractivity contribution is 0.0995. The van der Waals surface area contributed by atoms with Crippen molar-refractivity contribution in [1.29, 1.82) is 0 Å². The summed E-state index contributed by atoms with van der Waals surface area (Å²) in [5.41, 5.74) is 7.38. The molecule has 1 aromatic rings. The van der Waals surface area contributed by atoms with Crippen molar-refractivity contribution >= 4 is 11.6 Å². The molecule has 0 unspecified atom stereocenters. The van der Waals surface area contributed by atoms with Crippen LogP contribution >= 0.6 is 0 Å². The number of rotatable bonds is 1. The van der Waals surface area contributed by atoms with Crippen LogP contribution in [0.4, 0.5) is 5.69 Å². The molecule has 4 nitrogen and oxygen atoms in total. The van der Waals surface area contributed by atoms with Gasteiger partial charge >= 0.3 is 0 Å². The second-order valence-corrected chi connectivity index (χ2v) is 2.73. The van der Waals surface area contributed by atoms with Crippen molar-refractivity contribution in [2.24, 2.45) is 5.73 Å². The van der Waals surface area contributed by atoms with Gasteiger partial charge in [-0.15, -0.1) is 0 Å². The van der Waals surface area contributed by atoms with E-state index in [-0.39, 0.29) is 0 Å². The van der Waals surface area contributed by atoms with Crippen LogP contribution < -0.4 is 11.1 Å². The van der Waals surface area contributed by atoms with E-state index in [1.165, 1.54) is 0 Å². The van der Waals surface area contributed by atoms with Gasteiger partial charge in [-0.3, -0.25) is 4.79 Å². The van der Waals surface area contributed by atoms with Crippen LogP contribution in [0.1, 0.15) is 16.2 Å². The number of aromatic nitrogens is 1. The Hall–Kier alpha value is -1.58. The van der Waals surface area contributed by atoms with Crippen molar-refractivity contribution in [1.82, 2.24) is 4.98 Å². The van der Waals surface area contributed by atoms with Gasteiger partial charge in [0.1, 0.15) is 5.69 Å². The average molecular weight is 163 g/mol. The Labute approximate surface area is 69.8 Å². The van der Waals surface area contributed by atoms with E-state index in [1.807, 2.05) is 6.07 Å². The summed E-state index contributed by atoms with van der Waals surface area (Å²) in [7, 11) is 0.